The number of aliphatic carboxylic acids is 6. The van der Waals surface area contributed by atoms with Crippen molar-refractivity contribution in [2.24, 2.45) is 33.5 Å². The van der Waals surface area contributed by atoms with E-state index in [9.17, 15) is 59.4 Å². The molecule has 4 aliphatic carbocycles. The molecular formula is C16H16O12. The average molecular weight is 400 g/mol. The van der Waals surface area contributed by atoms with Gasteiger partial charge in [-0.1, -0.05) is 0 Å². The summed E-state index contributed by atoms with van der Waals surface area (Å²) in [5.74, 6) is -15.7. The highest BCUT2D eigenvalue weighted by Gasteiger charge is 2.94. The summed E-state index contributed by atoms with van der Waals surface area (Å²) in [7, 11) is 0. The predicted molar refractivity (Wildman–Crippen MR) is 81.0 cm³/mol. The van der Waals surface area contributed by atoms with Gasteiger partial charge in [-0.15, -0.1) is 0 Å². The Hall–Kier alpha value is -3.18. The molecule has 4 atom stereocenters. The van der Waals surface area contributed by atoms with E-state index in [0.717, 1.165) is 0 Å². The summed E-state index contributed by atoms with van der Waals surface area (Å²) in [6.45, 7) is 0. The fourth-order valence-corrected chi connectivity index (χ4v) is 6.58. The molecule has 0 radical (unpaired) electrons. The largest absolute Gasteiger partial charge is 0.481 e. The molecule has 6 N–H and O–H groups in total. The molecule has 0 aliphatic heterocycles. The summed E-state index contributed by atoms with van der Waals surface area (Å²) in [5, 5.41) is 59.3. The Balaban J connectivity index is 2.62. The highest BCUT2D eigenvalue weighted by atomic mass is 16.4. The van der Waals surface area contributed by atoms with Crippen LogP contribution in [0.3, 0.4) is 0 Å². The summed E-state index contributed by atoms with van der Waals surface area (Å²) in [4.78, 5) is 73.6. The van der Waals surface area contributed by atoms with Crippen LogP contribution in [0.5, 0.6) is 0 Å². The molecule has 152 valence electrons. The fraction of sp³-hybridized carbons (Fsp3) is 0.625. The number of hydrogen-bond donors (Lipinski definition) is 6. The quantitative estimate of drug-likeness (QED) is 0.304. The predicted octanol–water partition coefficient (Wildman–Crippen LogP) is -0.727. The third-order valence-corrected chi connectivity index (χ3v) is 7.18. The maximum absolute atomic E-state index is 12.4. The molecule has 4 unspecified atom stereocenters. The molecule has 0 aromatic heterocycles. The van der Waals surface area contributed by atoms with Crippen LogP contribution in [0.15, 0.2) is 0 Å². The monoisotopic (exact) mass is 400 g/mol. The molecule has 4 saturated carbocycles. The van der Waals surface area contributed by atoms with Crippen LogP contribution in [0.1, 0.15) is 25.7 Å². The smallest absolute Gasteiger partial charge is 0.323 e. The lowest BCUT2D eigenvalue weighted by Crippen LogP contribution is -2.84. The average Bonchev–Trinajstić information content (AvgIpc) is 2.52. The fourth-order valence-electron chi connectivity index (χ4n) is 6.58. The van der Waals surface area contributed by atoms with Crippen LogP contribution in [0.4, 0.5) is 0 Å². The Bertz CT molecular complexity index is 830. The van der Waals surface area contributed by atoms with Crippen LogP contribution < -0.4 is 0 Å². The summed E-state index contributed by atoms with van der Waals surface area (Å²) in [5.41, 5.74) is -13.1. The van der Waals surface area contributed by atoms with Crippen molar-refractivity contribution in [1.82, 2.24) is 0 Å². The van der Waals surface area contributed by atoms with Gasteiger partial charge in [0, 0.05) is 0 Å². The Morgan fingerprint density at radius 3 is 1.46 bits per heavy atom. The molecule has 4 rings (SSSR count). The van der Waals surface area contributed by atoms with Crippen molar-refractivity contribution in [2.75, 3.05) is 0 Å². The lowest BCUT2D eigenvalue weighted by Gasteiger charge is -2.70. The molecule has 0 aromatic rings. The molecule has 4 fully saturated rings. The van der Waals surface area contributed by atoms with E-state index in [1.807, 2.05) is 0 Å². The molecule has 12 nitrogen and oxygen atoms in total. The Morgan fingerprint density at radius 1 is 0.607 bits per heavy atom. The molecule has 12 heteroatoms. The Morgan fingerprint density at radius 2 is 1.11 bits per heavy atom. The van der Waals surface area contributed by atoms with Gasteiger partial charge in [-0.25, -0.2) is 0 Å². The van der Waals surface area contributed by atoms with Gasteiger partial charge in [0.25, 0.3) is 0 Å². The van der Waals surface area contributed by atoms with Gasteiger partial charge in [0.15, 0.2) is 10.8 Å². The van der Waals surface area contributed by atoms with Crippen molar-refractivity contribution in [3.05, 3.63) is 0 Å². The summed E-state index contributed by atoms with van der Waals surface area (Å²) in [6.07, 6.45) is -2.42. The number of carboxylic acids is 6. The van der Waals surface area contributed by atoms with E-state index in [1.54, 1.807) is 0 Å². The minimum atomic E-state index is -3.69. The highest BCUT2D eigenvalue weighted by molar-refractivity contribution is 6.15. The van der Waals surface area contributed by atoms with Crippen LogP contribution in [0, 0.1) is 33.5 Å². The van der Waals surface area contributed by atoms with Gasteiger partial charge in [0.1, 0.15) is 5.41 Å². The van der Waals surface area contributed by atoms with Crippen LogP contribution in [0.25, 0.3) is 0 Å². The zero-order valence-corrected chi connectivity index (χ0v) is 14.1. The molecule has 28 heavy (non-hydrogen) atoms. The van der Waals surface area contributed by atoms with E-state index in [-0.39, 0.29) is 6.42 Å². The van der Waals surface area contributed by atoms with Crippen molar-refractivity contribution < 1.29 is 59.4 Å². The maximum Gasteiger partial charge on any atom is 0.323 e. The summed E-state index contributed by atoms with van der Waals surface area (Å²) >= 11 is 0. The van der Waals surface area contributed by atoms with E-state index in [0.29, 0.717) is 0 Å². The van der Waals surface area contributed by atoms with Crippen molar-refractivity contribution in [3.63, 3.8) is 0 Å². The lowest BCUT2D eigenvalue weighted by molar-refractivity contribution is -0.286. The summed E-state index contributed by atoms with van der Waals surface area (Å²) < 4.78 is 0. The third kappa shape index (κ3) is 1.51. The molecule has 4 aliphatic rings. The number of carboxylic acid groups (broad SMARTS) is 6. The van der Waals surface area contributed by atoms with Crippen LogP contribution in [-0.2, 0) is 28.8 Å². The van der Waals surface area contributed by atoms with E-state index in [4.69, 9.17) is 0 Å². The van der Waals surface area contributed by atoms with Crippen LogP contribution in [0.2, 0.25) is 0 Å². The normalized spacial score (nSPS) is 36.4. The van der Waals surface area contributed by atoms with Crippen molar-refractivity contribution >= 4 is 35.8 Å². The van der Waals surface area contributed by atoms with Gasteiger partial charge < -0.3 is 30.6 Å². The Kier molecular flexibility index (Phi) is 3.64. The van der Waals surface area contributed by atoms with Crippen molar-refractivity contribution in [1.29, 1.82) is 0 Å². The second-order valence-corrected chi connectivity index (χ2v) is 7.79. The van der Waals surface area contributed by atoms with E-state index >= 15 is 0 Å². The third-order valence-electron chi connectivity index (χ3n) is 7.18. The lowest BCUT2D eigenvalue weighted by atomic mass is 9.26. The van der Waals surface area contributed by atoms with Gasteiger partial charge in [-0.2, -0.15) is 0 Å². The SMILES string of the molecule is O=C(O)C12CC3CC(C1)C(C(=O)O)(C(=O)O)C(C(=O)O)(C3)C2(C(=O)O)C(=O)O. The first kappa shape index (κ1) is 19.6. The second kappa shape index (κ2) is 5.20. The molecule has 0 heterocycles. The van der Waals surface area contributed by atoms with E-state index < -0.39 is 88.6 Å². The molecule has 4 bridgehead atoms. The minimum absolute atomic E-state index is 0.155. The molecule has 0 amide bonds. The van der Waals surface area contributed by atoms with Gasteiger partial charge in [-0.3, -0.25) is 28.8 Å². The van der Waals surface area contributed by atoms with Gasteiger partial charge >= 0.3 is 35.8 Å². The number of rotatable bonds is 6. The van der Waals surface area contributed by atoms with Crippen LogP contribution >= 0.6 is 0 Å². The van der Waals surface area contributed by atoms with Crippen molar-refractivity contribution in [2.45, 2.75) is 25.7 Å². The van der Waals surface area contributed by atoms with Gasteiger partial charge in [0.05, 0.1) is 5.41 Å². The van der Waals surface area contributed by atoms with Crippen LogP contribution in [-0.4, -0.2) is 66.5 Å². The molecule has 0 saturated heterocycles. The first-order valence-electron chi connectivity index (χ1n) is 8.21. The zero-order chi connectivity index (χ0) is 21.4. The Labute approximate surface area is 155 Å². The molecule has 0 spiro atoms. The summed E-state index contributed by atoms with van der Waals surface area (Å²) in [6, 6.07) is 0. The maximum atomic E-state index is 12.4. The van der Waals surface area contributed by atoms with Gasteiger partial charge in [-0.05, 0) is 37.5 Å². The number of hydrogen-bond acceptors (Lipinski definition) is 6. The number of carbonyl (C=O) groups is 6. The first-order chi connectivity index (χ1) is 12.8. The van der Waals surface area contributed by atoms with Gasteiger partial charge in [0.2, 0.25) is 0 Å². The van der Waals surface area contributed by atoms with E-state index in [1.165, 1.54) is 0 Å². The highest BCUT2D eigenvalue weighted by Crippen LogP contribution is 2.79. The minimum Gasteiger partial charge on any atom is -0.481 e. The topological polar surface area (TPSA) is 224 Å². The first-order valence-corrected chi connectivity index (χ1v) is 8.21. The zero-order valence-electron chi connectivity index (χ0n) is 14.1. The second-order valence-electron chi connectivity index (χ2n) is 7.79. The van der Waals surface area contributed by atoms with Crippen molar-refractivity contribution in [3.8, 4) is 0 Å². The molecule has 0 aromatic carbocycles. The van der Waals surface area contributed by atoms with E-state index in [2.05, 4.69) is 0 Å². The molecular weight excluding hydrogens is 384 g/mol. The standard InChI is InChI=1S/C16H16O12/c17-7(18)13-2-5-1-6(4-13)15(9(21)22,10(23)24)14(3-5,8(19)20)16(13,11(25)26)12(27)28/h5-6H,1-4H2,(H,17,18)(H,19,20)(H,21,22)(H,23,24)(H,25,26)(H,27,28).